The summed E-state index contributed by atoms with van der Waals surface area (Å²) in [6.45, 7) is 0. The second kappa shape index (κ2) is 9.15. The van der Waals surface area contributed by atoms with Gasteiger partial charge in [0.2, 0.25) is 5.82 Å². The van der Waals surface area contributed by atoms with Crippen molar-refractivity contribution < 1.29 is 19.6 Å². The number of aliphatic hydroxyl groups excluding tert-OH is 1. The molecule has 1 atom stereocenters. The van der Waals surface area contributed by atoms with Crippen LogP contribution in [0.15, 0.2) is 82.8 Å². The number of tetrazole rings is 1. The number of rotatable bonds is 5. The first-order valence-corrected chi connectivity index (χ1v) is 11.3. The Labute approximate surface area is 211 Å². The minimum atomic E-state index is -1.05. The number of hydrogen-bond donors (Lipinski definition) is 2. The molecule has 1 aliphatic heterocycles. The molecule has 4 aromatic rings. The van der Waals surface area contributed by atoms with E-state index in [1.807, 2.05) is 0 Å². The van der Waals surface area contributed by atoms with Crippen LogP contribution < -0.4 is 4.90 Å². The molecule has 11 nitrogen and oxygen atoms in total. The Morgan fingerprint density at radius 1 is 1.06 bits per heavy atom. The Hall–Kier alpha value is -4.71. The van der Waals surface area contributed by atoms with Gasteiger partial charge in [-0.2, -0.15) is 5.21 Å². The van der Waals surface area contributed by atoms with Gasteiger partial charge >= 0.3 is 0 Å². The zero-order chi connectivity index (χ0) is 25.4. The Morgan fingerprint density at radius 3 is 2.42 bits per heavy atom. The number of halogens is 1. The summed E-state index contributed by atoms with van der Waals surface area (Å²) in [5.74, 6) is -1.82. The van der Waals surface area contributed by atoms with Gasteiger partial charge in [0.25, 0.3) is 17.4 Å². The molecule has 1 fully saturated rings. The molecule has 0 spiro atoms. The predicted molar refractivity (Wildman–Crippen MR) is 132 cm³/mol. The molecule has 2 N–H and O–H groups in total. The third-order valence-corrected chi connectivity index (χ3v) is 6.24. The lowest BCUT2D eigenvalue weighted by atomic mass is 9.95. The van der Waals surface area contributed by atoms with Crippen LogP contribution in [0, 0.1) is 10.1 Å². The van der Waals surface area contributed by atoms with Gasteiger partial charge in [-0.3, -0.25) is 24.6 Å². The van der Waals surface area contributed by atoms with Crippen LogP contribution in [-0.4, -0.2) is 42.3 Å². The number of H-pyrrole nitrogens is 1. The van der Waals surface area contributed by atoms with E-state index in [-0.39, 0.29) is 22.8 Å². The zero-order valence-electron chi connectivity index (χ0n) is 18.2. The summed E-state index contributed by atoms with van der Waals surface area (Å²) in [5.41, 5.74) is 1.34. The number of aromatic amines is 1. The highest BCUT2D eigenvalue weighted by molar-refractivity contribution is 9.10. The van der Waals surface area contributed by atoms with Crippen LogP contribution in [0.25, 0.3) is 17.1 Å². The summed E-state index contributed by atoms with van der Waals surface area (Å²) in [6.07, 6.45) is 0. The van der Waals surface area contributed by atoms with Gasteiger partial charge in [0.1, 0.15) is 5.76 Å². The molecule has 3 aromatic carbocycles. The van der Waals surface area contributed by atoms with Gasteiger partial charge in [0.05, 0.1) is 16.5 Å². The van der Waals surface area contributed by atoms with E-state index in [1.165, 1.54) is 29.2 Å². The van der Waals surface area contributed by atoms with E-state index in [9.17, 15) is 24.8 Å². The molecular weight excluding hydrogens is 532 g/mol. The van der Waals surface area contributed by atoms with E-state index in [4.69, 9.17) is 0 Å². The number of carbonyl (C=O) groups excluding carboxylic acids is 2. The number of aromatic nitrogens is 4. The molecule has 36 heavy (non-hydrogen) atoms. The fraction of sp³-hybridized carbons (Fsp3) is 0.0417. The Balaban J connectivity index is 1.70. The normalized spacial score (nSPS) is 16.9. The Morgan fingerprint density at radius 2 is 1.78 bits per heavy atom. The second-order valence-electron chi connectivity index (χ2n) is 7.81. The smallest absolute Gasteiger partial charge is 0.300 e. The SMILES string of the molecule is O=C1C(=O)N(c2cccc(-c3nn[nH]n3)c2)C(c2ccc([N+](=O)[O-])cc2)C1=C(O)c1ccc(Br)cc1. The third kappa shape index (κ3) is 4.03. The van der Waals surface area contributed by atoms with Crippen LogP contribution in [0.4, 0.5) is 11.4 Å². The molecule has 1 aliphatic rings. The predicted octanol–water partition coefficient (Wildman–Crippen LogP) is 4.16. The van der Waals surface area contributed by atoms with E-state index in [0.717, 1.165) is 4.47 Å². The summed E-state index contributed by atoms with van der Waals surface area (Å²) < 4.78 is 0.768. The van der Waals surface area contributed by atoms with Gasteiger partial charge in [-0.25, -0.2) is 0 Å². The molecule has 5 rings (SSSR count). The molecule has 178 valence electrons. The molecule has 1 amide bonds. The lowest BCUT2D eigenvalue weighted by Crippen LogP contribution is -2.29. The number of ketones is 1. The van der Waals surface area contributed by atoms with Crippen molar-refractivity contribution in [1.82, 2.24) is 20.6 Å². The second-order valence-corrected chi connectivity index (χ2v) is 8.73. The number of non-ortho nitro benzene ring substituents is 1. The summed E-state index contributed by atoms with van der Waals surface area (Å²) in [7, 11) is 0. The van der Waals surface area contributed by atoms with E-state index in [0.29, 0.717) is 22.4 Å². The van der Waals surface area contributed by atoms with E-state index in [2.05, 4.69) is 36.6 Å². The summed E-state index contributed by atoms with van der Waals surface area (Å²) in [5, 5.41) is 36.1. The minimum absolute atomic E-state index is 0.138. The van der Waals surface area contributed by atoms with Gasteiger partial charge in [0, 0.05) is 33.4 Å². The van der Waals surface area contributed by atoms with Gasteiger partial charge in [-0.05, 0) is 47.2 Å². The molecular formula is C24H15BrN6O5. The zero-order valence-corrected chi connectivity index (χ0v) is 19.8. The third-order valence-electron chi connectivity index (χ3n) is 5.71. The van der Waals surface area contributed by atoms with Crippen molar-refractivity contribution in [3.63, 3.8) is 0 Å². The van der Waals surface area contributed by atoms with Crippen LogP contribution in [-0.2, 0) is 9.59 Å². The molecule has 0 bridgehead atoms. The number of aliphatic hydroxyl groups is 1. The highest BCUT2D eigenvalue weighted by Gasteiger charge is 2.47. The van der Waals surface area contributed by atoms with Crippen molar-refractivity contribution in [3.8, 4) is 11.4 Å². The van der Waals surface area contributed by atoms with Crippen LogP contribution in [0.5, 0.6) is 0 Å². The maximum absolute atomic E-state index is 13.3. The van der Waals surface area contributed by atoms with Gasteiger partial charge in [-0.15, -0.1) is 10.2 Å². The molecule has 0 saturated carbocycles. The van der Waals surface area contributed by atoms with Gasteiger partial charge in [-0.1, -0.05) is 40.2 Å². The van der Waals surface area contributed by atoms with Gasteiger partial charge < -0.3 is 5.11 Å². The largest absolute Gasteiger partial charge is 0.507 e. The maximum atomic E-state index is 13.3. The molecule has 1 aromatic heterocycles. The fourth-order valence-corrected chi connectivity index (χ4v) is 4.30. The average Bonchev–Trinajstić information content (AvgIpc) is 3.51. The van der Waals surface area contributed by atoms with E-state index >= 15 is 0 Å². The molecule has 2 heterocycles. The number of nitrogens with one attached hydrogen (secondary N) is 1. The molecule has 0 aliphatic carbocycles. The minimum Gasteiger partial charge on any atom is -0.507 e. The standard InChI is InChI=1S/C24H15BrN6O5/c25-16-8-4-14(5-9-16)21(32)19-20(13-6-10-17(11-7-13)31(35)36)30(24(34)22(19)33)18-3-1-2-15(12-18)23-26-28-29-27-23/h1-12,20,32H,(H,26,27,28,29). The molecule has 1 unspecified atom stereocenters. The molecule has 0 radical (unpaired) electrons. The number of hydrogen-bond acceptors (Lipinski definition) is 8. The number of benzene rings is 3. The number of nitro benzene ring substituents is 1. The average molecular weight is 547 g/mol. The van der Waals surface area contributed by atoms with Crippen molar-refractivity contribution in [1.29, 1.82) is 0 Å². The first kappa shape index (κ1) is 23.1. The summed E-state index contributed by atoms with van der Waals surface area (Å²) in [6, 6.07) is 17.7. The highest BCUT2D eigenvalue weighted by Crippen LogP contribution is 2.43. The van der Waals surface area contributed by atoms with E-state index < -0.39 is 22.7 Å². The van der Waals surface area contributed by atoms with Crippen LogP contribution in [0.1, 0.15) is 17.2 Å². The fourth-order valence-electron chi connectivity index (χ4n) is 4.03. The summed E-state index contributed by atoms with van der Waals surface area (Å²) >= 11 is 3.33. The van der Waals surface area contributed by atoms with Gasteiger partial charge in [0.15, 0.2) is 0 Å². The summed E-state index contributed by atoms with van der Waals surface area (Å²) in [4.78, 5) is 38.5. The van der Waals surface area contributed by atoms with Crippen molar-refractivity contribution >= 4 is 44.8 Å². The number of anilines is 1. The van der Waals surface area contributed by atoms with Crippen molar-refractivity contribution in [3.05, 3.63) is 104 Å². The van der Waals surface area contributed by atoms with Crippen molar-refractivity contribution in [2.24, 2.45) is 0 Å². The lowest BCUT2D eigenvalue weighted by molar-refractivity contribution is -0.384. The number of carbonyl (C=O) groups is 2. The lowest BCUT2D eigenvalue weighted by Gasteiger charge is -2.25. The van der Waals surface area contributed by atoms with Crippen molar-refractivity contribution in [2.75, 3.05) is 4.90 Å². The molecule has 1 saturated heterocycles. The highest BCUT2D eigenvalue weighted by atomic mass is 79.9. The number of Topliss-reactive ketones (excluding diaryl/α,β-unsaturated/α-hetero) is 1. The van der Waals surface area contributed by atoms with Crippen LogP contribution >= 0.6 is 15.9 Å². The monoisotopic (exact) mass is 546 g/mol. The Bertz CT molecular complexity index is 1520. The number of amides is 1. The van der Waals surface area contributed by atoms with Crippen molar-refractivity contribution in [2.45, 2.75) is 6.04 Å². The maximum Gasteiger partial charge on any atom is 0.300 e. The topological polar surface area (TPSA) is 155 Å². The first-order valence-electron chi connectivity index (χ1n) is 10.5. The molecule has 12 heteroatoms. The van der Waals surface area contributed by atoms with E-state index in [1.54, 1.807) is 48.5 Å². The first-order chi connectivity index (χ1) is 17.3. The van der Waals surface area contributed by atoms with Crippen LogP contribution in [0.3, 0.4) is 0 Å². The number of nitrogens with zero attached hydrogens (tertiary/aromatic N) is 5. The number of nitro groups is 1. The quantitative estimate of drug-likeness (QED) is 0.124. The Kier molecular flexibility index (Phi) is 5.86. The van der Waals surface area contributed by atoms with Crippen LogP contribution in [0.2, 0.25) is 0 Å².